The highest BCUT2D eigenvalue weighted by Gasteiger charge is 2.20. The summed E-state index contributed by atoms with van der Waals surface area (Å²) in [5.41, 5.74) is 2.36. The smallest absolute Gasteiger partial charge is 0.414 e. The number of ether oxygens (including phenoxy) is 4. The summed E-state index contributed by atoms with van der Waals surface area (Å²) in [5, 5.41) is 0. The maximum Gasteiger partial charge on any atom is 0.414 e. The Morgan fingerprint density at radius 3 is 1.94 bits per heavy atom. The molecule has 0 atom stereocenters. The number of amides is 1. The number of rotatable bonds is 11. The van der Waals surface area contributed by atoms with Gasteiger partial charge in [-0.25, -0.2) is 4.79 Å². The fraction of sp³-hybridized carbons (Fsp3) is 0.423. The van der Waals surface area contributed by atoms with Gasteiger partial charge in [-0.15, -0.1) is 0 Å². The van der Waals surface area contributed by atoms with Crippen LogP contribution in [-0.4, -0.2) is 51.8 Å². The Labute approximate surface area is 191 Å². The second kappa shape index (κ2) is 12.9. The molecule has 0 spiro atoms. The Balaban J connectivity index is 1.81. The number of nitrogens with zero attached hydrogens (tertiary/aromatic N) is 1. The quantitative estimate of drug-likeness (QED) is 0.333. The van der Waals surface area contributed by atoms with Crippen LogP contribution in [0.25, 0.3) is 12.2 Å². The van der Waals surface area contributed by atoms with Crippen LogP contribution < -0.4 is 9.64 Å². The van der Waals surface area contributed by atoms with Crippen molar-refractivity contribution in [2.24, 2.45) is 0 Å². The van der Waals surface area contributed by atoms with Gasteiger partial charge in [-0.2, -0.15) is 0 Å². The summed E-state index contributed by atoms with van der Waals surface area (Å²) in [7, 11) is 1.70. The summed E-state index contributed by atoms with van der Waals surface area (Å²) in [6, 6.07) is 15.6. The van der Waals surface area contributed by atoms with Gasteiger partial charge < -0.3 is 18.9 Å². The van der Waals surface area contributed by atoms with Crippen molar-refractivity contribution in [2.45, 2.75) is 33.3 Å². The van der Waals surface area contributed by atoms with E-state index in [2.05, 4.69) is 0 Å². The third-order valence-electron chi connectivity index (χ3n) is 4.37. The molecule has 2 aromatic rings. The second-order valence-electron chi connectivity index (χ2n) is 8.19. The Kier molecular flexibility index (Phi) is 10.2. The molecule has 32 heavy (non-hydrogen) atoms. The SMILES string of the molecule is CCOCCOCCOc1ccc(/C=C/c2ccc(N(C)C(=O)OC(C)(C)C)cc2)cc1. The summed E-state index contributed by atoms with van der Waals surface area (Å²) in [4.78, 5) is 13.7. The lowest BCUT2D eigenvalue weighted by atomic mass is 10.1. The largest absolute Gasteiger partial charge is 0.491 e. The van der Waals surface area contributed by atoms with Gasteiger partial charge in [0, 0.05) is 19.3 Å². The maximum atomic E-state index is 12.2. The molecule has 0 aliphatic carbocycles. The zero-order valence-electron chi connectivity index (χ0n) is 19.8. The van der Waals surface area contributed by atoms with Crippen LogP contribution in [0.1, 0.15) is 38.8 Å². The van der Waals surface area contributed by atoms with Crippen LogP contribution in [-0.2, 0) is 14.2 Å². The fourth-order valence-corrected chi connectivity index (χ4v) is 2.70. The van der Waals surface area contributed by atoms with Crippen LogP contribution in [0.2, 0.25) is 0 Å². The van der Waals surface area contributed by atoms with E-state index in [0.717, 1.165) is 22.6 Å². The molecule has 0 radical (unpaired) electrons. The Morgan fingerprint density at radius 2 is 1.38 bits per heavy atom. The Hall–Kier alpha value is -2.83. The molecule has 0 aliphatic rings. The van der Waals surface area contributed by atoms with Crippen molar-refractivity contribution in [2.75, 3.05) is 45.0 Å². The zero-order valence-corrected chi connectivity index (χ0v) is 19.8. The Bertz CT molecular complexity index is 838. The van der Waals surface area contributed by atoms with E-state index >= 15 is 0 Å². The summed E-state index contributed by atoms with van der Waals surface area (Å²) >= 11 is 0. The van der Waals surface area contributed by atoms with Gasteiger partial charge in [0.2, 0.25) is 0 Å². The van der Waals surface area contributed by atoms with Crippen LogP contribution in [0.4, 0.5) is 10.5 Å². The molecule has 0 fully saturated rings. The van der Waals surface area contributed by atoms with Gasteiger partial charge in [0.15, 0.2) is 0 Å². The molecule has 0 saturated carbocycles. The number of carbonyl (C=O) groups excluding carboxylic acids is 1. The molecule has 0 N–H and O–H groups in total. The maximum absolute atomic E-state index is 12.2. The third kappa shape index (κ3) is 9.54. The van der Waals surface area contributed by atoms with Crippen LogP contribution >= 0.6 is 0 Å². The summed E-state index contributed by atoms with van der Waals surface area (Å²) in [5.74, 6) is 0.810. The minimum Gasteiger partial charge on any atom is -0.491 e. The van der Waals surface area contributed by atoms with Crippen molar-refractivity contribution in [1.29, 1.82) is 0 Å². The van der Waals surface area contributed by atoms with E-state index in [1.807, 2.05) is 88.4 Å². The molecule has 0 aromatic heterocycles. The lowest BCUT2D eigenvalue weighted by Crippen LogP contribution is -2.34. The van der Waals surface area contributed by atoms with Crippen molar-refractivity contribution >= 4 is 23.9 Å². The average molecular weight is 442 g/mol. The molecule has 6 heteroatoms. The van der Waals surface area contributed by atoms with Crippen molar-refractivity contribution in [3.8, 4) is 5.75 Å². The van der Waals surface area contributed by atoms with Gasteiger partial charge >= 0.3 is 6.09 Å². The number of hydrogen-bond donors (Lipinski definition) is 0. The summed E-state index contributed by atoms with van der Waals surface area (Å²) in [6.45, 7) is 10.5. The van der Waals surface area contributed by atoms with Crippen LogP contribution in [0.3, 0.4) is 0 Å². The highest BCUT2D eigenvalue weighted by atomic mass is 16.6. The van der Waals surface area contributed by atoms with Gasteiger partial charge in [0.25, 0.3) is 0 Å². The van der Waals surface area contributed by atoms with Crippen molar-refractivity contribution < 1.29 is 23.7 Å². The van der Waals surface area contributed by atoms with Crippen LogP contribution in [0, 0.1) is 0 Å². The third-order valence-corrected chi connectivity index (χ3v) is 4.37. The molecule has 6 nitrogen and oxygen atoms in total. The predicted octanol–water partition coefficient (Wildman–Crippen LogP) is 5.66. The molecule has 0 bridgehead atoms. The molecule has 0 aliphatic heterocycles. The predicted molar refractivity (Wildman–Crippen MR) is 129 cm³/mol. The Morgan fingerprint density at radius 1 is 0.844 bits per heavy atom. The highest BCUT2D eigenvalue weighted by molar-refractivity contribution is 5.87. The minimum absolute atomic E-state index is 0.375. The molecule has 2 rings (SSSR count). The molecular weight excluding hydrogens is 406 g/mol. The number of benzene rings is 2. The number of carbonyl (C=O) groups is 1. The first-order valence-corrected chi connectivity index (χ1v) is 10.9. The van der Waals surface area contributed by atoms with Gasteiger partial charge in [-0.05, 0) is 63.1 Å². The zero-order chi connectivity index (χ0) is 23.4. The van der Waals surface area contributed by atoms with Crippen LogP contribution in [0.15, 0.2) is 48.5 Å². The minimum atomic E-state index is -0.522. The monoisotopic (exact) mass is 441 g/mol. The van der Waals surface area contributed by atoms with Gasteiger partial charge in [0.1, 0.15) is 18.0 Å². The standard InChI is InChI=1S/C26H35NO5/c1-6-29-17-18-30-19-20-31-24-15-11-22(12-16-24)8-7-21-9-13-23(14-10-21)27(5)25(28)32-26(2,3)4/h7-16H,6,17-20H2,1-5H3/b8-7+. The molecule has 174 valence electrons. The van der Waals surface area contributed by atoms with Crippen molar-refractivity contribution in [3.05, 3.63) is 59.7 Å². The molecule has 0 unspecified atom stereocenters. The average Bonchev–Trinajstić information content (AvgIpc) is 2.76. The highest BCUT2D eigenvalue weighted by Crippen LogP contribution is 2.19. The van der Waals surface area contributed by atoms with Crippen molar-refractivity contribution in [1.82, 2.24) is 0 Å². The van der Waals surface area contributed by atoms with Crippen LogP contribution in [0.5, 0.6) is 5.75 Å². The first kappa shape index (κ1) is 25.4. The van der Waals surface area contributed by atoms with E-state index in [1.54, 1.807) is 7.05 Å². The van der Waals surface area contributed by atoms with Crippen molar-refractivity contribution in [3.63, 3.8) is 0 Å². The van der Waals surface area contributed by atoms with E-state index < -0.39 is 5.60 Å². The van der Waals surface area contributed by atoms with E-state index in [1.165, 1.54) is 4.90 Å². The van der Waals surface area contributed by atoms with Gasteiger partial charge in [-0.3, -0.25) is 4.90 Å². The molecule has 2 aromatic carbocycles. The van der Waals surface area contributed by atoms with E-state index in [0.29, 0.717) is 33.0 Å². The lowest BCUT2D eigenvalue weighted by Gasteiger charge is -2.24. The molecule has 0 saturated heterocycles. The van der Waals surface area contributed by atoms with E-state index in [4.69, 9.17) is 18.9 Å². The van der Waals surface area contributed by atoms with Gasteiger partial charge in [-0.1, -0.05) is 36.4 Å². The normalized spacial score (nSPS) is 11.5. The summed E-state index contributed by atoms with van der Waals surface area (Å²) < 4.78 is 21.7. The molecule has 0 heterocycles. The molecule has 1 amide bonds. The van der Waals surface area contributed by atoms with Gasteiger partial charge in [0.05, 0.1) is 19.8 Å². The van der Waals surface area contributed by atoms with E-state index in [9.17, 15) is 4.79 Å². The second-order valence-corrected chi connectivity index (χ2v) is 8.19. The van der Waals surface area contributed by atoms with E-state index in [-0.39, 0.29) is 6.09 Å². The number of anilines is 1. The fourth-order valence-electron chi connectivity index (χ4n) is 2.70. The first-order valence-electron chi connectivity index (χ1n) is 10.9. The first-order chi connectivity index (χ1) is 15.3. The number of hydrogen-bond acceptors (Lipinski definition) is 5. The lowest BCUT2D eigenvalue weighted by molar-refractivity contribution is 0.0405. The molecular formula is C26H35NO5. The topological polar surface area (TPSA) is 57.2 Å². The summed E-state index contributed by atoms with van der Waals surface area (Å²) in [6.07, 6.45) is 3.69.